The summed E-state index contributed by atoms with van der Waals surface area (Å²) in [5, 5.41) is 10.6. The topological polar surface area (TPSA) is 50.2 Å². The van der Waals surface area contributed by atoms with Crippen LogP contribution in [-0.2, 0) is 10.5 Å². The van der Waals surface area contributed by atoms with Crippen LogP contribution in [0.4, 0.5) is 0 Å². The van der Waals surface area contributed by atoms with Gasteiger partial charge < -0.3 is 5.11 Å². The highest BCUT2D eigenvalue weighted by molar-refractivity contribution is 8.00. The van der Waals surface area contributed by atoms with Gasteiger partial charge in [0.25, 0.3) is 0 Å². The van der Waals surface area contributed by atoms with Crippen LogP contribution in [0.1, 0.15) is 16.8 Å². The summed E-state index contributed by atoms with van der Waals surface area (Å²) < 4.78 is 1.06. The maximum absolute atomic E-state index is 10.5. The van der Waals surface area contributed by atoms with Crippen LogP contribution in [0, 0.1) is 6.92 Å². The second-order valence-electron chi connectivity index (χ2n) is 3.96. The molecule has 1 aromatic carbocycles. The average molecular weight is 291 g/mol. The molecule has 98 valence electrons. The molecule has 0 saturated carbocycles. The standard InChI is InChI=1S/C14H13NO2S2/c1-10-8-18-14(15-10)19-9-12-4-2-3-11(7-12)5-6-13(16)17/h2-8H,9H2,1H3,(H,16,17). The molecular formula is C14H13NO2S2. The molecule has 3 nitrogen and oxygen atoms in total. The quantitative estimate of drug-likeness (QED) is 0.671. The summed E-state index contributed by atoms with van der Waals surface area (Å²) in [6.07, 6.45) is 2.75. The molecule has 2 aromatic rings. The molecule has 1 N–H and O–H groups in total. The molecule has 0 aliphatic rings. The Morgan fingerprint density at radius 2 is 2.37 bits per heavy atom. The Hall–Kier alpha value is -1.59. The van der Waals surface area contributed by atoms with E-state index in [2.05, 4.69) is 4.98 Å². The Morgan fingerprint density at radius 3 is 3.05 bits per heavy atom. The van der Waals surface area contributed by atoms with Crippen molar-refractivity contribution in [2.24, 2.45) is 0 Å². The normalized spacial score (nSPS) is 11.0. The van der Waals surface area contributed by atoms with Gasteiger partial charge in [-0.05, 0) is 24.1 Å². The van der Waals surface area contributed by atoms with E-state index in [9.17, 15) is 4.79 Å². The number of carboxylic acid groups (broad SMARTS) is 1. The lowest BCUT2D eigenvalue weighted by atomic mass is 10.1. The molecule has 0 radical (unpaired) electrons. The van der Waals surface area contributed by atoms with Crippen molar-refractivity contribution < 1.29 is 9.90 Å². The molecule has 2 rings (SSSR count). The van der Waals surface area contributed by atoms with E-state index in [1.165, 1.54) is 0 Å². The fourth-order valence-corrected chi connectivity index (χ4v) is 3.29. The van der Waals surface area contributed by atoms with Gasteiger partial charge >= 0.3 is 5.97 Å². The molecule has 19 heavy (non-hydrogen) atoms. The first-order chi connectivity index (χ1) is 9.13. The highest BCUT2D eigenvalue weighted by Gasteiger charge is 2.01. The predicted molar refractivity (Wildman–Crippen MR) is 79.5 cm³/mol. The predicted octanol–water partition coefficient (Wildman–Crippen LogP) is 3.84. The summed E-state index contributed by atoms with van der Waals surface area (Å²) in [6, 6.07) is 7.85. The second-order valence-corrected chi connectivity index (χ2v) is 6.04. The number of carboxylic acids is 1. The van der Waals surface area contributed by atoms with E-state index < -0.39 is 5.97 Å². The highest BCUT2D eigenvalue weighted by atomic mass is 32.2. The number of aryl methyl sites for hydroxylation is 1. The van der Waals surface area contributed by atoms with Crippen molar-refractivity contribution >= 4 is 35.1 Å². The molecular weight excluding hydrogens is 278 g/mol. The zero-order valence-electron chi connectivity index (χ0n) is 10.4. The lowest BCUT2D eigenvalue weighted by molar-refractivity contribution is -0.131. The number of rotatable bonds is 5. The summed E-state index contributed by atoms with van der Waals surface area (Å²) in [7, 11) is 0. The summed E-state index contributed by atoms with van der Waals surface area (Å²) in [5.74, 6) is -0.0973. The van der Waals surface area contributed by atoms with Gasteiger partial charge in [-0.15, -0.1) is 11.3 Å². The summed E-state index contributed by atoms with van der Waals surface area (Å²) in [5.41, 5.74) is 3.10. The monoisotopic (exact) mass is 291 g/mol. The van der Waals surface area contributed by atoms with Crippen LogP contribution in [-0.4, -0.2) is 16.1 Å². The van der Waals surface area contributed by atoms with Crippen molar-refractivity contribution in [2.75, 3.05) is 0 Å². The Kier molecular flexibility index (Phi) is 4.76. The van der Waals surface area contributed by atoms with Gasteiger partial charge in [0, 0.05) is 22.9 Å². The third-order valence-electron chi connectivity index (χ3n) is 2.33. The Morgan fingerprint density at radius 1 is 1.53 bits per heavy atom. The number of benzene rings is 1. The van der Waals surface area contributed by atoms with Crippen LogP contribution in [0.5, 0.6) is 0 Å². The van der Waals surface area contributed by atoms with E-state index in [1.807, 2.05) is 36.6 Å². The van der Waals surface area contributed by atoms with E-state index in [-0.39, 0.29) is 0 Å². The Balaban J connectivity index is 2.00. The molecule has 0 spiro atoms. The van der Waals surface area contributed by atoms with Gasteiger partial charge in [0.1, 0.15) is 4.34 Å². The van der Waals surface area contributed by atoms with Gasteiger partial charge in [0.05, 0.1) is 0 Å². The van der Waals surface area contributed by atoms with Gasteiger partial charge in [0.15, 0.2) is 0 Å². The Labute approximate surface area is 120 Å². The minimum Gasteiger partial charge on any atom is -0.478 e. The number of thiazole rings is 1. The molecule has 0 saturated heterocycles. The molecule has 5 heteroatoms. The molecule has 0 amide bonds. The minimum absolute atomic E-state index is 0.835. The average Bonchev–Trinajstić information content (AvgIpc) is 2.80. The van der Waals surface area contributed by atoms with Crippen LogP contribution >= 0.6 is 23.1 Å². The molecule has 1 aromatic heterocycles. The van der Waals surface area contributed by atoms with E-state index in [4.69, 9.17) is 5.11 Å². The maximum atomic E-state index is 10.5. The summed E-state index contributed by atoms with van der Waals surface area (Å²) in [4.78, 5) is 14.9. The number of aromatic nitrogens is 1. The number of aliphatic carboxylic acids is 1. The molecule has 0 bridgehead atoms. The fourth-order valence-electron chi connectivity index (χ4n) is 1.50. The van der Waals surface area contributed by atoms with Crippen LogP contribution in [0.3, 0.4) is 0 Å². The number of hydrogen-bond acceptors (Lipinski definition) is 4. The van der Waals surface area contributed by atoms with Gasteiger partial charge in [-0.25, -0.2) is 9.78 Å². The number of hydrogen-bond donors (Lipinski definition) is 1. The molecule has 0 fully saturated rings. The van der Waals surface area contributed by atoms with Crippen molar-refractivity contribution in [2.45, 2.75) is 17.0 Å². The van der Waals surface area contributed by atoms with Gasteiger partial charge in [-0.3, -0.25) is 0 Å². The largest absolute Gasteiger partial charge is 0.478 e. The lowest BCUT2D eigenvalue weighted by Gasteiger charge is -2.00. The van der Waals surface area contributed by atoms with Crippen molar-refractivity contribution in [1.29, 1.82) is 0 Å². The van der Waals surface area contributed by atoms with Crippen molar-refractivity contribution in [3.05, 3.63) is 52.5 Å². The van der Waals surface area contributed by atoms with Crippen LogP contribution in [0.15, 0.2) is 40.1 Å². The smallest absolute Gasteiger partial charge is 0.328 e. The van der Waals surface area contributed by atoms with E-state index in [0.717, 1.165) is 33.0 Å². The van der Waals surface area contributed by atoms with Crippen LogP contribution < -0.4 is 0 Å². The minimum atomic E-state index is -0.932. The summed E-state index contributed by atoms with van der Waals surface area (Å²) in [6.45, 7) is 1.98. The van der Waals surface area contributed by atoms with Gasteiger partial charge in [-0.1, -0.05) is 36.0 Å². The molecule has 0 unspecified atom stereocenters. The molecule has 0 aliphatic carbocycles. The number of thioether (sulfide) groups is 1. The van der Waals surface area contributed by atoms with Crippen molar-refractivity contribution in [3.63, 3.8) is 0 Å². The third kappa shape index (κ3) is 4.54. The first-order valence-electron chi connectivity index (χ1n) is 5.68. The van der Waals surface area contributed by atoms with Crippen molar-refractivity contribution in [3.8, 4) is 0 Å². The zero-order chi connectivity index (χ0) is 13.7. The zero-order valence-corrected chi connectivity index (χ0v) is 12.0. The fraction of sp³-hybridized carbons (Fsp3) is 0.143. The van der Waals surface area contributed by atoms with Crippen LogP contribution in [0.2, 0.25) is 0 Å². The first kappa shape index (κ1) is 13.8. The van der Waals surface area contributed by atoms with E-state index in [1.54, 1.807) is 29.2 Å². The number of nitrogens with zero attached hydrogens (tertiary/aromatic N) is 1. The van der Waals surface area contributed by atoms with Crippen molar-refractivity contribution in [1.82, 2.24) is 4.98 Å². The third-order valence-corrected chi connectivity index (χ3v) is 4.54. The first-order valence-corrected chi connectivity index (χ1v) is 7.55. The van der Waals surface area contributed by atoms with Gasteiger partial charge in [-0.2, -0.15) is 0 Å². The maximum Gasteiger partial charge on any atom is 0.328 e. The SMILES string of the molecule is Cc1csc(SCc2cccc(C=CC(=O)O)c2)n1. The molecule has 1 heterocycles. The summed E-state index contributed by atoms with van der Waals surface area (Å²) >= 11 is 3.34. The second kappa shape index (κ2) is 6.54. The van der Waals surface area contributed by atoms with Gasteiger partial charge in [0.2, 0.25) is 0 Å². The highest BCUT2D eigenvalue weighted by Crippen LogP contribution is 2.26. The molecule has 0 aliphatic heterocycles. The van der Waals surface area contributed by atoms with E-state index in [0.29, 0.717) is 0 Å². The van der Waals surface area contributed by atoms with E-state index >= 15 is 0 Å². The number of carbonyl (C=O) groups is 1. The Bertz CT molecular complexity index is 605. The molecule has 0 atom stereocenters. The van der Waals surface area contributed by atoms with Crippen LogP contribution in [0.25, 0.3) is 6.08 Å². The lowest BCUT2D eigenvalue weighted by Crippen LogP contribution is -1.86.